The zero-order valence-corrected chi connectivity index (χ0v) is 9.81. The molecule has 0 aliphatic carbocycles. The average Bonchev–Trinajstić information content (AvgIpc) is 2.79. The molecule has 0 bridgehead atoms. The fourth-order valence-electron chi connectivity index (χ4n) is 1.99. The molecule has 2 atom stereocenters. The van der Waals surface area contributed by atoms with Gasteiger partial charge >= 0.3 is 6.09 Å². The fourth-order valence-corrected chi connectivity index (χ4v) is 2.13. The van der Waals surface area contributed by atoms with Crippen molar-refractivity contribution in [3.63, 3.8) is 0 Å². The molecule has 1 aliphatic rings. The molecule has 7 heteroatoms. The first-order chi connectivity index (χ1) is 8.16. The normalized spacial score (nSPS) is 21.1. The van der Waals surface area contributed by atoms with Crippen molar-refractivity contribution in [3.8, 4) is 0 Å². The molecule has 0 aromatic carbocycles. The van der Waals surface area contributed by atoms with E-state index >= 15 is 0 Å². The molecule has 2 unspecified atom stereocenters. The lowest BCUT2D eigenvalue weighted by Crippen LogP contribution is -2.34. The average molecular weight is 257 g/mol. The van der Waals surface area contributed by atoms with Gasteiger partial charge in [0.15, 0.2) is 5.82 Å². The Hall–Kier alpha value is -1.40. The summed E-state index contributed by atoms with van der Waals surface area (Å²) in [6.45, 7) is 1.63. The zero-order valence-electron chi connectivity index (χ0n) is 9.06. The monoisotopic (exact) mass is 256 g/mol. The summed E-state index contributed by atoms with van der Waals surface area (Å²) in [7, 11) is 0. The van der Waals surface area contributed by atoms with Gasteiger partial charge in [-0.25, -0.2) is 14.8 Å². The van der Waals surface area contributed by atoms with Crippen molar-refractivity contribution in [3.05, 3.63) is 23.2 Å². The maximum absolute atomic E-state index is 10.8. The van der Waals surface area contributed by atoms with E-state index in [2.05, 4.69) is 20.6 Å². The highest BCUT2D eigenvalue weighted by Gasteiger charge is 2.29. The fraction of sp³-hybridized carbons (Fsp3) is 0.500. The van der Waals surface area contributed by atoms with E-state index in [0.717, 1.165) is 19.5 Å². The van der Waals surface area contributed by atoms with E-state index in [1.807, 2.05) is 0 Å². The van der Waals surface area contributed by atoms with Crippen LogP contribution >= 0.6 is 11.6 Å². The summed E-state index contributed by atoms with van der Waals surface area (Å²) >= 11 is 5.79. The summed E-state index contributed by atoms with van der Waals surface area (Å²) in [4.78, 5) is 19.0. The van der Waals surface area contributed by atoms with Gasteiger partial charge in [-0.05, 0) is 19.0 Å². The first-order valence-electron chi connectivity index (χ1n) is 5.35. The van der Waals surface area contributed by atoms with Gasteiger partial charge in [0.2, 0.25) is 0 Å². The number of hydrogen-bond acceptors (Lipinski definition) is 4. The highest BCUT2D eigenvalue weighted by molar-refractivity contribution is 6.29. The summed E-state index contributed by atoms with van der Waals surface area (Å²) in [6, 6.07) is 1.15. The lowest BCUT2D eigenvalue weighted by atomic mass is 9.98. The predicted molar refractivity (Wildman–Crippen MR) is 61.9 cm³/mol. The summed E-state index contributed by atoms with van der Waals surface area (Å²) in [6.07, 6.45) is 1.34. The topological polar surface area (TPSA) is 87.1 Å². The third kappa shape index (κ3) is 3.04. The van der Waals surface area contributed by atoms with Crippen molar-refractivity contribution < 1.29 is 9.90 Å². The van der Waals surface area contributed by atoms with Crippen LogP contribution in [0.15, 0.2) is 12.3 Å². The van der Waals surface area contributed by atoms with Crippen molar-refractivity contribution in [2.45, 2.75) is 12.5 Å². The molecule has 6 nitrogen and oxygen atoms in total. The minimum Gasteiger partial charge on any atom is -0.465 e. The molecule has 17 heavy (non-hydrogen) atoms. The first kappa shape index (κ1) is 12.1. The second kappa shape index (κ2) is 5.29. The standard InChI is InChI=1S/C10H13ClN4O2/c11-7-2-4-13-9(14-7)8(15-10(16)17)6-1-3-12-5-6/h2,4,6,8,12,15H,1,3,5H2,(H,16,17). The number of nitrogens with one attached hydrogen (secondary N) is 2. The van der Waals surface area contributed by atoms with Gasteiger partial charge in [-0.3, -0.25) is 0 Å². The van der Waals surface area contributed by atoms with Gasteiger partial charge in [-0.2, -0.15) is 0 Å². The molecule has 1 amide bonds. The van der Waals surface area contributed by atoms with Crippen LogP contribution in [0.5, 0.6) is 0 Å². The van der Waals surface area contributed by atoms with Crippen LogP contribution in [0.1, 0.15) is 18.3 Å². The molecule has 0 radical (unpaired) electrons. The first-order valence-corrected chi connectivity index (χ1v) is 5.73. The van der Waals surface area contributed by atoms with Gasteiger partial charge < -0.3 is 15.7 Å². The van der Waals surface area contributed by atoms with Gasteiger partial charge in [0.05, 0.1) is 6.04 Å². The molecular formula is C10H13ClN4O2. The van der Waals surface area contributed by atoms with Crippen molar-refractivity contribution in [1.82, 2.24) is 20.6 Å². The molecular weight excluding hydrogens is 244 g/mol. The number of carbonyl (C=O) groups is 1. The third-order valence-electron chi connectivity index (χ3n) is 2.77. The number of aromatic nitrogens is 2. The van der Waals surface area contributed by atoms with E-state index in [9.17, 15) is 4.79 Å². The van der Waals surface area contributed by atoms with E-state index in [-0.39, 0.29) is 5.92 Å². The maximum Gasteiger partial charge on any atom is 0.405 e. The van der Waals surface area contributed by atoms with E-state index in [4.69, 9.17) is 16.7 Å². The Morgan fingerprint density at radius 3 is 3.12 bits per heavy atom. The molecule has 2 heterocycles. The van der Waals surface area contributed by atoms with Crippen molar-refractivity contribution in [2.24, 2.45) is 5.92 Å². The third-order valence-corrected chi connectivity index (χ3v) is 2.98. The summed E-state index contributed by atoms with van der Waals surface area (Å²) in [5, 5.41) is 14.8. The molecule has 92 valence electrons. The number of halogens is 1. The second-order valence-electron chi connectivity index (χ2n) is 3.92. The predicted octanol–water partition coefficient (Wildman–Crippen LogP) is 1.05. The smallest absolute Gasteiger partial charge is 0.405 e. The molecule has 2 rings (SSSR count). The number of nitrogens with zero attached hydrogens (tertiary/aromatic N) is 2. The van der Waals surface area contributed by atoms with E-state index < -0.39 is 12.1 Å². The van der Waals surface area contributed by atoms with Crippen molar-refractivity contribution in [1.29, 1.82) is 0 Å². The van der Waals surface area contributed by atoms with Crippen molar-refractivity contribution in [2.75, 3.05) is 13.1 Å². The molecule has 0 spiro atoms. The van der Waals surface area contributed by atoms with E-state index in [1.54, 1.807) is 6.07 Å². The van der Waals surface area contributed by atoms with Crippen LogP contribution in [-0.4, -0.2) is 34.3 Å². The van der Waals surface area contributed by atoms with Crippen LogP contribution < -0.4 is 10.6 Å². The Morgan fingerprint density at radius 1 is 1.71 bits per heavy atom. The SMILES string of the molecule is O=C(O)NC(c1nccc(Cl)n1)C1CCNC1. The molecule has 0 saturated carbocycles. The largest absolute Gasteiger partial charge is 0.465 e. The number of carboxylic acid groups (broad SMARTS) is 1. The van der Waals surface area contributed by atoms with Gasteiger partial charge in [-0.15, -0.1) is 0 Å². The van der Waals surface area contributed by atoms with Crippen LogP contribution in [0.2, 0.25) is 5.15 Å². The minimum absolute atomic E-state index is 0.157. The maximum atomic E-state index is 10.8. The lowest BCUT2D eigenvalue weighted by Gasteiger charge is -2.21. The molecule has 3 N–H and O–H groups in total. The lowest BCUT2D eigenvalue weighted by molar-refractivity contribution is 0.184. The van der Waals surface area contributed by atoms with E-state index in [0.29, 0.717) is 11.0 Å². The summed E-state index contributed by atoms with van der Waals surface area (Å²) < 4.78 is 0. The van der Waals surface area contributed by atoms with Crippen LogP contribution in [0.25, 0.3) is 0 Å². The molecule has 1 aliphatic heterocycles. The summed E-state index contributed by atoms with van der Waals surface area (Å²) in [5.41, 5.74) is 0. The Kier molecular flexibility index (Phi) is 3.75. The second-order valence-corrected chi connectivity index (χ2v) is 4.30. The molecule has 1 fully saturated rings. The number of amides is 1. The quantitative estimate of drug-likeness (QED) is 0.704. The number of hydrogen-bond donors (Lipinski definition) is 3. The van der Waals surface area contributed by atoms with Crippen LogP contribution in [0, 0.1) is 5.92 Å². The summed E-state index contributed by atoms with van der Waals surface area (Å²) in [5.74, 6) is 0.582. The Balaban J connectivity index is 2.22. The minimum atomic E-state index is -1.08. The van der Waals surface area contributed by atoms with Gasteiger partial charge in [0.25, 0.3) is 0 Å². The Morgan fingerprint density at radius 2 is 2.53 bits per heavy atom. The van der Waals surface area contributed by atoms with E-state index in [1.165, 1.54) is 6.20 Å². The molecule has 1 saturated heterocycles. The number of rotatable bonds is 3. The zero-order chi connectivity index (χ0) is 12.3. The Bertz CT molecular complexity index is 409. The van der Waals surface area contributed by atoms with Gasteiger partial charge in [-0.1, -0.05) is 11.6 Å². The van der Waals surface area contributed by atoms with Crippen LogP contribution in [0.4, 0.5) is 4.79 Å². The van der Waals surface area contributed by atoms with Gasteiger partial charge in [0.1, 0.15) is 5.15 Å². The van der Waals surface area contributed by atoms with Crippen LogP contribution in [0.3, 0.4) is 0 Å². The highest BCUT2D eigenvalue weighted by atomic mass is 35.5. The molecule has 1 aromatic heterocycles. The van der Waals surface area contributed by atoms with Crippen molar-refractivity contribution >= 4 is 17.7 Å². The Labute approximate surface area is 103 Å². The highest BCUT2D eigenvalue weighted by Crippen LogP contribution is 2.24. The van der Waals surface area contributed by atoms with Crippen LogP contribution in [-0.2, 0) is 0 Å². The molecule has 1 aromatic rings. The van der Waals surface area contributed by atoms with Gasteiger partial charge in [0, 0.05) is 18.7 Å².